The van der Waals surface area contributed by atoms with Gasteiger partial charge in [-0.1, -0.05) is 22.4 Å². The predicted molar refractivity (Wildman–Crippen MR) is 114 cm³/mol. The van der Waals surface area contributed by atoms with E-state index in [4.69, 9.17) is 14.1 Å². The monoisotopic (exact) mass is 524 g/mol. The van der Waals surface area contributed by atoms with Crippen molar-refractivity contribution >= 4 is 43.7 Å². The van der Waals surface area contributed by atoms with Crippen molar-refractivity contribution in [2.45, 2.75) is 20.0 Å². The third-order valence-electron chi connectivity index (χ3n) is 3.62. The fourth-order valence-electron chi connectivity index (χ4n) is 2.33. The molecule has 0 bridgehead atoms. The number of rotatable bonds is 10. The molecule has 0 aliphatic rings. The summed E-state index contributed by atoms with van der Waals surface area (Å²) in [6, 6.07) is 1.74. The van der Waals surface area contributed by atoms with E-state index in [9.17, 15) is 14.5 Å². The first-order chi connectivity index (χ1) is 13.3. The Bertz CT molecular complexity index is 843. The van der Waals surface area contributed by atoms with Crippen LogP contribution in [0.4, 0.5) is 10.1 Å². The van der Waals surface area contributed by atoms with Crippen LogP contribution in [0.3, 0.4) is 0 Å². The fraction of sp³-hybridized carbons (Fsp3) is 0.467. The van der Waals surface area contributed by atoms with Gasteiger partial charge in [-0.2, -0.15) is 11.6 Å². The second-order valence-corrected chi connectivity index (χ2v) is 8.77. The van der Waals surface area contributed by atoms with E-state index in [1.807, 2.05) is 29.3 Å². The van der Waals surface area contributed by atoms with Gasteiger partial charge < -0.3 is 14.1 Å². The zero-order chi connectivity index (χ0) is 20.8. The number of aromatic nitrogens is 3. The van der Waals surface area contributed by atoms with Gasteiger partial charge in [0.15, 0.2) is 0 Å². The number of ether oxygens (including phenoxy) is 2. The normalized spacial score (nSPS) is 11.9. The number of methoxy groups -OCH3 is 1. The minimum absolute atomic E-state index is 0.130. The Balaban J connectivity index is 2.28. The Morgan fingerprint density at radius 1 is 1.43 bits per heavy atom. The van der Waals surface area contributed by atoms with Crippen LogP contribution in [0.25, 0.3) is 5.69 Å². The van der Waals surface area contributed by atoms with Crippen LogP contribution in [0.1, 0.15) is 11.3 Å². The molecule has 2 aromatic rings. The highest BCUT2D eigenvalue weighted by Gasteiger charge is 2.29. The highest BCUT2D eigenvalue weighted by molar-refractivity contribution is 14.1. The van der Waals surface area contributed by atoms with Gasteiger partial charge in [-0.05, 0) is 25.5 Å². The maximum atomic E-state index is 14.1. The molecule has 1 atom stereocenters. The Morgan fingerprint density at radius 2 is 2.14 bits per heavy atom. The molecule has 0 saturated carbocycles. The van der Waals surface area contributed by atoms with E-state index in [-0.39, 0.29) is 39.6 Å². The molecule has 28 heavy (non-hydrogen) atoms. The van der Waals surface area contributed by atoms with E-state index < -0.39 is 11.1 Å². The van der Waals surface area contributed by atoms with E-state index in [0.29, 0.717) is 5.69 Å². The molecule has 2 heterocycles. The van der Waals surface area contributed by atoms with Gasteiger partial charge in [-0.3, -0.25) is 10.1 Å². The van der Waals surface area contributed by atoms with Crippen molar-refractivity contribution in [3.05, 3.63) is 33.6 Å². The number of hydrogen-bond donors (Lipinski definition) is 0. The molecule has 1 unspecified atom stereocenters. The quantitative estimate of drug-likeness (QED) is 0.202. The zero-order valence-corrected chi connectivity index (χ0v) is 18.7. The molecule has 0 aliphatic carbocycles. The Kier molecular flexibility index (Phi) is 8.30. The van der Waals surface area contributed by atoms with Gasteiger partial charge in [-0.25, -0.2) is 14.1 Å². The number of nitro groups is 1. The first-order valence-electron chi connectivity index (χ1n) is 8.08. The molecule has 0 spiro atoms. The smallest absolute Gasteiger partial charge is 0.435 e. The number of nitrogens with zero attached hydrogens (tertiary/aromatic N) is 4. The summed E-state index contributed by atoms with van der Waals surface area (Å²) in [4.78, 5) is 15.1. The van der Waals surface area contributed by atoms with Gasteiger partial charge in [0.1, 0.15) is 24.2 Å². The first-order valence-corrected chi connectivity index (χ1v) is 10.4. The molecular weight excluding hydrogens is 505 g/mol. The van der Waals surface area contributed by atoms with Crippen LogP contribution >= 0.6 is 34.0 Å². The topological polar surface area (TPSA) is 102 Å². The van der Waals surface area contributed by atoms with Crippen molar-refractivity contribution in [1.29, 1.82) is 0 Å². The average Bonchev–Trinajstić information content (AvgIpc) is 3.00. The molecule has 0 saturated heterocycles. The molecule has 0 aliphatic heterocycles. The van der Waals surface area contributed by atoms with Crippen LogP contribution in [0.5, 0.6) is 11.8 Å². The van der Waals surface area contributed by atoms with Gasteiger partial charge in [-0.15, -0.1) is 5.10 Å². The number of halogens is 2. The van der Waals surface area contributed by atoms with Gasteiger partial charge in [0.2, 0.25) is 5.88 Å². The Labute approximate surface area is 179 Å². The molecular formula is C15H19BFIN4O5S. The third-order valence-corrected chi connectivity index (χ3v) is 6.22. The standard InChI is InChI=1S/C15H19BFIN4O5S/c1-9-5-12(14(25-3)19-6-9)21-10(2)13(22(23)24)15(20-21)27-7-11(17)8-28-16(18)26-4/h5-6,11H,7-8H2,1-4H3. The zero-order valence-electron chi connectivity index (χ0n) is 15.7. The van der Waals surface area contributed by atoms with Crippen LogP contribution in [0, 0.1) is 24.0 Å². The van der Waals surface area contributed by atoms with E-state index in [1.165, 1.54) is 37.4 Å². The second kappa shape index (κ2) is 10.3. The fourth-order valence-corrected chi connectivity index (χ4v) is 3.54. The summed E-state index contributed by atoms with van der Waals surface area (Å²) >= 11 is 3.29. The lowest BCUT2D eigenvalue weighted by Crippen LogP contribution is -2.18. The number of aryl methyl sites for hydroxylation is 1. The predicted octanol–water partition coefficient (Wildman–Crippen LogP) is 3.32. The summed E-state index contributed by atoms with van der Waals surface area (Å²) in [5.41, 5.74) is 1.15. The molecule has 152 valence electrons. The summed E-state index contributed by atoms with van der Waals surface area (Å²) in [6.07, 6.45) is 0.274. The van der Waals surface area contributed by atoms with Crippen molar-refractivity contribution in [2.24, 2.45) is 0 Å². The van der Waals surface area contributed by atoms with Crippen molar-refractivity contribution in [1.82, 2.24) is 14.8 Å². The highest BCUT2D eigenvalue weighted by Crippen LogP contribution is 2.34. The Hall–Kier alpha value is -1.61. The lowest BCUT2D eigenvalue weighted by atomic mass is 10.3. The summed E-state index contributed by atoms with van der Waals surface area (Å²) in [5.74, 6) is 0.131. The van der Waals surface area contributed by atoms with E-state index in [2.05, 4.69) is 10.1 Å². The SMILES string of the molecule is COB(I)SCC(F)COc1nn(-c2cc(C)cnc2OC)c(C)c1[N+](=O)[O-]. The number of alkyl halides is 1. The maximum absolute atomic E-state index is 14.1. The maximum Gasteiger partial charge on any atom is 0.435 e. The van der Waals surface area contributed by atoms with Gasteiger partial charge in [0, 0.05) is 19.1 Å². The molecule has 13 heteroatoms. The lowest BCUT2D eigenvalue weighted by molar-refractivity contribution is -0.386. The molecule has 2 rings (SSSR count). The Morgan fingerprint density at radius 3 is 2.75 bits per heavy atom. The van der Waals surface area contributed by atoms with Crippen molar-refractivity contribution in [3.63, 3.8) is 0 Å². The molecule has 0 amide bonds. The number of pyridine rings is 1. The highest BCUT2D eigenvalue weighted by atomic mass is 127. The van der Waals surface area contributed by atoms with E-state index in [0.717, 1.165) is 5.56 Å². The minimum atomic E-state index is -1.34. The van der Waals surface area contributed by atoms with Crippen molar-refractivity contribution in [3.8, 4) is 17.4 Å². The molecule has 0 fully saturated rings. The summed E-state index contributed by atoms with van der Waals surface area (Å²) in [6.45, 7) is 2.99. The molecule has 2 aromatic heterocycles. The van der Waals surface area contributed by atoms with Crippen LogP contribution in [-0.2, 0) is 4.65 Å². The van der Waals surface area contributed by atoms with Gasteiger partial charge in [0.05, 0.1) is 12.0 Å². The molecule has 0 aromatic carbocycles. The van der Waals surface area contributed by atoms with Gasteiger partial charge in [0.25, 0.3) is 0 Å². The molecule has 0 radical (unpaired) electrons. The number of hydrogen-bond acceptors (Lipinski definition) is 8. The van der Waals surface area contributed by atoms with Crippen molar-refractivity contribution in [2.75, 3.05) is 26.6 Å². The van der Waals surface area contributed by atoms with Crippen molar-refractivity contribution < 1.29 is 23.4 Å². The van der Waals surface area contributed by atoms with Crippen LogP contribution < -0.4 is 9.47 Å². The van der Waals surface area contributed by atoms with Crippen LogP contribution in [0.2, 0.25) is 0 Å². The van der Waals surface area contributed by atoms with E-state index in [1.54, 1.807) is 12.3 Å². The van der Waals surface area contributed by atoms with Crippen LogP contribution in [0.15, 0.2) is 12.3 Å². The minimum Gasteiger partial charge on any atom is -0.479 e. The average molecular weight is 524 g/mol. The summed E-state index contributed by atoms with van der Waals surface area (Å²) in [7, 11) is 2.97. The van der Waals surface area contributed by atoms with E-state index >= 15 is 0 Å². The lowest BCUT2D eigenvalue weighted by Gasteiger charge is -2.10. The molecule has 0 N–H and O–H groups in total. The third kappa shape index (κ3) is 5.47. The first kappa shape index (κ1) is 22.7. The van der Waals surface area contributed by atoms with Gasteiger partial charge >= 0.3 is 15.6 Å². The summed E-state index contributed by atoms with van der Waals surface area (Å²) in [5, 5.41) is 15.7. The van der Waals surface area contributed by atoms with Crippen LogP contribution in [-0.4, -0.2) is 56.5 Å². The second-order valence-electron chi connectivity index (χ2n) is 5.70. The largest absolute Gasteiger partial charge is 0.479 e. The molecule has 9 nitrogen and oxygen atoms in total. The summed E-state index contributed by atoms with van der Waals surface area (Å²) < 4.78 is 30.8.